The van der Waals surface area contributed by atoms with Crippen LogP contribution in [0.25, 0.3) is 11.2 Å². The first-order valence-electron chi connectivity index (χ1n) is 19.2. The van der Waals surface area contributed by atoms with Gasteiger partial charge in [-0.15, -0.1) is 9.42 Å². The van der Waals surface area contributed by atoms with Crippen molar-refractivity contribution in [3.63, 3.8) is 0 Å². The van der Waals surface area contributed by atoms with Gasteiger partial charge in [-0.25, -0.2) is 19.3 Å². The number of anilines is 1. The third-order valence-electron chi connectivity index (χ3n) is 10.4. The van der Waals surface area contributed by atoms with E-state index in [4.69, 9.17) is 43.8 Å². The Labute approximate surface area is 359 Å². The fourth-order valence-electron chi connectivity index (χ4n) is 6.24. The SMILES string of the molecule is CC(C)(C)[Si](C)(C)O[C@H]1[C@@H](OP(=S)(OCCC#N)OC[C@H]2O[C@@H](n3cnc4c(NC(=O)c5ccccc5)ncnc43)[C@H](F)[C@@H]2O[P+](=O)O)[C@H](C#Cc2ccccc2)O[C@@H]1CO. The summed E-state index contributed by atoms with van der Waals surface area (Å²) >= 11 is 5.93. The second-order valence-corrected chi connectivity index (χ2v) is 23.9. The number of carbonyl (C=O) groups is 1. The van der Waals surface area contributed by atoms with Crippen molar-refractivity contribution in [3.8, 4) is 17.9 Å². The van der Waals surface area contributed by atoms with E-state index in [1.807, 2.05) is 49.5 Å². The van der Waals surface area contributed by atoms with Crippen LogP contribution in [0.15, 0.2) is 73.3 Å². The number of rotatable bonds is 16. The van der Waals surface area contributed by atoms with Gasteiger partial charge in [-0.05, 0) is 54.2 Å². The molecular formula is C39H46FN6O11P2SSi+. The van der Waals surface area contributed by atoms with Crippen molar-refractivity contribution in [2.45, 2.75) is 94.3 Å². The maximum atomic E-state index is 16.5. The number of ether oxygens (including phenoxy) is 2. The number of aromatic nitrogens is 4. The fourth-order valence-corrected chi connectivity index (χ4v) is 10.1. The van der Waals surface area contributed by atoms with E-state index in [1.165, 1.54) is 10.9 Å². The number of nitrogens with zero attached hydrogens (tertiary/aromatic N) is 5. The van der Waals surface area contributed by atoms with Crippen molar-refractivity contribution in [1.29, 1.82) is 5.26 Å². The summed E-state index contributed by atoms with van der Waals surface area (Å²) in [5.41, 5.74) is 1.24. The summed E-state index contributed by atoms with van der Waals surface area (Å²) in [6, 6.07) is 19.5. The zero-order valence-electron chi connectivity index (χ0n) is 33.9. The van der Waals surface area contributed by atoms with E-state index in [0.29, 0.717) is 11.1 Å². The second kappa shape index (κ2) is 20.0. The first-order valence-corrected chi connectivity index (χ1v) is 25.7. The van der Waals surface area contributed by atoms with Crippen LogP contribution < -0.4 is 5.32 Å². The number of carbonyl (C=O) groups excluding carboxylic acids is 1. The van der Waals surface area contributed by atoms with Crippen LogP contribution in [-0.2, 0) is 48.4 Å². The number of imidazole rings is 1. The lowest BCUT2D eigenvalue weighted by Gasteiger charge is -2.40. The number of hydrogen-bond donors (Lipinski definition) is 3. The fraction of sp³-hybridized carbons (Fsp3) is 0.462. The van der Waals surface area contributed by atoms with Gasteiger partial charge < -0.3 is 33.4 Å². The molecule has 4 aromatic rings. The summed E-state index contributed by atoms with van der Waals surface area (Å²) in [5.74, 6) is 5.74. The van der Waals surface area contributed by atoms with E-state index in [0.717, 1.165) is 6.33 Å². The van der Waals surface area contributed by atoms with Crippen molar-refractivity contribution in [1.82, 2.24) is 19.5 Å². The topological polar surface area (TPSA) is 219 Å². The lowest BCUT2D eigenvalue weighted by molar-refractivity contribution is -0.0458. The Bertz CT molecular complexity index is 2330. The van der Waals surface area contributed by atoms with Gasteiger partial charge in [-0.1, -0.05) is 69.0 Å². The number of alkyl halides is 1. The Balaban J connectivity index is 1.28. The number of nitrogens with one attached hydrogen (secondary N) is 1. The molecule has 22 heteroatoms. The summed E-state index contributed by atoms with van der Waals surface area (Å²) in [5, 5.41) is 22.3. The molecule has 2 aromatic carbocycles. The largest absolute Gasteiger partial charge is 0.695 e. The molecule has 2 aliphatic rings. The number of fused-ring (bicyclic) bond motifs is 1. The highest BCUT2D eigenvalue weighted by Gasteiger charge is 2.54. The number of benzene rings is 2. The van der Waals surface area contributed by atoms with Gasteiger partial charge in [0.05, 0.1) is 38.6 Å². The van der Waals surface area contributed by atoms with Crippen LogP contribution in [0.3, 0.4) is 0 Å². The number of nitriles is 1. The highest BCUT2D eigenvalue weighted by atomic mass is 32.5. The molecule has 2 fully saturated rings. The predicted octanol–water partition coefficient (Wildman–Crippen LogP) is 6.11. The van der Waals surface area contributed by atoms with Gasteiger partial charge in [-0.3, -0.25) is 13.9 Å². The number of halogens is 1. The summed E-state index contributed by atoms with van der Waals surface area (Å²) in [6.07, 6.45) is -8.31. The molecule has 3 N–H and O–H groups in total. The number of hydrogen-bond acceptors (Lipinski definition) is 15. The summed E-state index contributed by atoms with van der Waals surface area (Å²) in [4.78, 5) is 35.4. The molecule has 0 spiro atoms. The molecule has 61 heavy (non-hydrogen) atoms. The molecule has 2 aromatic heterocycles. The molecule has 324 valence electrons. The molecule has 2 saturated heterocycles. The summed E-state index contributed by atoms with van der Waals surface area (Å²) < 4.78 is 72.7. The third kappa shape index (κ3) is 11.2. The lowest BCUT2D eigenvalue weighted by atomic mass is 10.1. The third-order valence-corrected chi connectivity index (χ3v) is 17.6. The maximum Gasteiger partial charge on any atom is 0.695 e. The van der Waals surface area contributed by atoms with Crippen molar-refractivity contribution < 1.29 is 55.7 Å². The van der Waals surface area contributed by atoms with Crippen molar-refractivity contribution in [2.75, 3.05) is 25.1 Å². The van der Waals surface area contributed by atoms with Crippen LogP contribution in [0.4, 0.5) is 10.2 Å². The summed E-state index contributed by atoms with van der Waals surface area (Å²) in [6.45, 7) is 4.98. The second-order valence-electron chi connectivity index (χ2n) is 15.5. The van der Waals surface area contributed by atoms with Crippen LogP contribution in [0, 0.1) is 23.2 Å². The Hall–Kier alpha value is -3.95. The average Bonchev–Trinajstić information content (AvgIpc) is 3.89. The zero-order chi connectivity index (χ0) is 44.0. The van der Waals surface area contributed by atoms with Gasteiger partial charge in [0.25, 0.3) is 5.91 Å². The molecule has 2 aliphatic heterocycles. The van der Waals surface area contributed by atoms with Crippen LogP contribution in [0.2, 0.25) is 18.1 Å². The maximum absolute atomic E-state index is 16.5. The molecule has 10 atom stereocenters. The van der Waals surface area contributed by atoms with Crippen molar-refractivity contribution >= 4 is 58.0 Å². The Morgan fingerprint density at radius 3 is 2.41 bits per heavy atom. The van der Waals surface area contributed by atoms with E-state index in [9.17, 15) is 24.6 Å². The smallest absolute Gasteiger partial charge is 0.408 e. The first kappa shape index (κ1) is 46.5. The average molecular weight is 916 g/mol. The quantitative estimate of drug-likeness (QED) is 0.0500. The van der Waals surface area contributed by atoms with Crippen LogP contribution in [0.1, 0.15) is 49.3 Å². The molecule has 2 unspecified atom stereocenters. The molecular weight excluding hydrogens is 870 g/mol. The van der Waals surface area contributed by atoms with Gasteiger partial charge in [0.2, 0.25) is 0 Å². The lowest BCUT2D eigenvalue weighted by Crippen LogP contribution is -2.50. The highest BCUT2D eigenvalue weighted by Crippen LogP contribution is 2.55. The standard InChI is InChI=1S/C39H45FN6O11P2SSi/c1-39(2,3)61(4,5)57-34-28(21-47)53-27(18-17-25-13-8-6-9-14-25)33(34)56-59(60,51-20-12-19-41)52-22-29-32(55-58(49)50)30(40)38(54-29)46-24-44-31-35(42-23-43-36(31)46)45-37(48)26-15-10-7-11-16-26/h6-11,13-16,23-24,27-30,32-34,38,47H,12,20-22H2,1-5H3,(H-,42,43,45,48,49,50)/p+1/t27-,28+,29+,30+,32+,33-,34+,38+,59?/m0/s1. The van der Waals surface area contributed by atoms with Gasteiger partial charge in [0.15, 0.2) is 43.8 Å². The molecule has 6 rings (SSSR count). The minimum Gasteiger partial charge on any atom is -0.408 e. The minimum atomic E-state index is -3.99. The molecule has 0 radical (unpaired) electrons. The molecule has 0 saturated carbocycles. The molecule has 4 heterocycles. The van der Waals surface area contributed by atoms with Crippen molar-refractivity contribution in [2.24, 2.45) is 0 Å². The number of aliphatic hydroxyl groups is 1. The minimum absolute atomic E-state index is 0.0476. The van der Waals surface area contributed by atoms with Crippen LogP contribution in [-0.4, -0.2) is 106 Å². The first-order chi connectivity index (χ1) is 29.0. The molecule has 0 bridgehead atoms. The zero-order valence-corrected chi connectivity index (χ0v) is 37.5. The van der Waals surface area contributed by atoms with Gasteiger partial charge in [0.1, 0.15) is 36.8 Å². The van der Waals surface area contributed by atoms with E-state index in [2.05, 4.69) is 52.9 Å². The van der Waals surface area contributed by atoms with Gasteiger partial charge >= 0.3 is 15.0 Å². The Morgan fingerprint density at radius 1 is 1.05 bits per heavy atom. The molecule has 0 aliphatic carbocycles. The van der Waals surface area contributed by atoms with E-state index in [1.54, 1.807) is 30.3 Å². The number of amides is 1. The Morgan fingerprint density at radius 2 is 1.75 bits per heavy atom. The van der Waals surface area contributed by atoms with Gasteiger partial charge in [0, 0.05) is 15.7 Å². The normalized spacial score (nSPS) is 25.3. The van der Waals surface area contributed by atoms with Crippen LogP contribution >= 0.6 is 15.0 Å². The number of aliphatic hydroxyl groups excluding tert-OH is 1. The monoisotopic (exact) mass is 915 g/mol. The van der Waals surface area contributed by atoms with Crippen molar-refractivity contribution in [3.05, 3.63) is 84.4 Å². The Kier molecular flexibility index (Phi) is 15.3. The van der Waals surface area contributed by atoms with Gasteiger partial charge in [-0.2, -0.15) is 5.26 Å². The van der Waals surface area contributed by atoms with E-state index in [-0.39, 0.29) is 35.0 Å². The highest BCUT2D eigenvalue weighted by molar-refractivity contribution is 8.07. The van der Waals surface area contributed by atoms with E-state index < -0.39 is 91.4 Å². The van der Waals surface area contributed by atoms with Crippen LogP contribution in [0.5, 0.6) is 0 Å². The predicted molar refractivity (Wildman–Crippen MR) is 226 cm³/mol. The molecule has 1 amide bonds. The summed E-state index contributed by atoms with van der Waals surface area (Å²) in [7, 11) is -5.93. The molecule has 17 nitrogen and oxygen atoms in total. The van der Waals surface area contributed by atoms with E-state index >= 15 is 4.39 Å².